The summed E-state index contributed by atoms with van der Waals surface area (Å²) in [6.45, 7) is 8.97. The van der Waals surface area contributed by atoms with Crippen LogP contribution in [0.15, 0.2) is 21.5 Å². The van der Waals surface area contributed by atoms with Crippen molar-refractivity contribution >= 4 is 11.9 Å². The van der Waals surface area contributed by atoms with Crippen molar-refractivity contribution in [3.8, 4) is 0 Å². The fourth-order valence-corrected chi connectivity index (χ4v) is 1.88. The third-order valence-electron chi connectivity index (χ3n) is 3.17. The van der Waals surface area contributed by atoms with E-state index in [1.807, 2.05) is 20.8 Å². The van der Waals surface area contributed by atoms with Gasteiger partial charge < -0.3 is 25.5 Å². The van der Waals surface area contributed by atoms with Crippen molar-refractivity contribution in [1.29, 1.82) is 0 Å². The van der Waals surface area contributed by atoms with Crippen molar-refractivity contribution in [3.05, 3.63) is 23.7 Å². The molecule has 1 aromatic heterocycles. The van der Waals surface area contributed by atoms with Crippen LogP contribution in [-0.2, 0) is 10.4 Å². The Morgan fingerprint density at radius 2 is 2.04 bits per heavy atom. The molecule has 23 heavy (non-hydrogen) atoms. The number of guanidine groups is 1. The summed E-state index contributed by atoms with van der Waals surface area (Å²) >= 11 is 0. The maximum Gasteiger partial charge on any atom is 0.241 e. The third kappa shape index (κ3) is 6.73. The molecule has 130 valence electrons. The van der Waals surface area contributed by atoms with Gasteiger partial charge in [0.25, 0.3) is 0 Å². The average molecular weight is 324 g/mol. The van der Waals surface area contributed by atoms with Crippen LogP contribution < -0.4 is 16.0 Å². The molecule has 1 rings (SSSR count). The molecule has 0 aromatic carbocycles. The van der Waals surface area contributed by atoms with Crippen LogP contribution in [0.4, 0.5) is 0 Å². The lowest BCUT2D eigenvalue weighted by molar-refractivity contribution is -0.119. The van der Waals surface area contributed by atoms with Gasteiger partial charge in [-0.3, -0.25) is 4.79 Å². The Bertz CT molecular complexity index is 523. The monoisotopic (exact) mass is 324 g/mol. The van der Waals surface area contributed by atoms with E-state index < -0.39 is 5.60 Å². The van der Waals surface area contributed by atoms with Gasteiger partial charge in [-0.1, -0.05) is 6.92 Å². The Morgan fingerprint density at radius 1 is 1.30 bits per heavy atom. The SMILES string of the molecule is CCCNC(=O)CN=C(NCC)NCC(C)(O)c1ccc(C)o1. The number of aryl methyl sites for hydroxylation is 1. The summed E-state index contributed by atoms with van der Waals surface area (Å²) in [4.78, 5) is 15.8. The van der Waals surface area contributed by atoms with Gasteiger partial charge in [-0.25, -0.2) is 4.99 Å². The van der Waals surface area contributed by atoms with Crippen LogP contribution >= 0.6 is 0 Å². The van der Waals surface area contributed by atoms with Crippen molar-refractivity contribution in [2.75, 3.05) is 26.2 Å². The molecule has 0 aliphatic heterocycles. The summed E-state index contributed by atoms with van der Waals surface area (Å²) in [7, 11) is 0. The summed E-state index contributed by atoms with van der Waals surface area (Å²) in [6, 6.07) is 3.56. The Morgan fingerprint density at radius 3 is 2.61 bits per heavy atom. The number of amides is 1. The van der Waals surface area contributed by atoms with E-state index in [2.05, 4.69) is 20.9 Å². The standard InChI is InChI=1S/C16H28N4O3/c1-5-9-18-14(21)10-19-15(17-6-2)20-11-16(4,22)13-8-7-12(3)23-13/h7-8,22H,5-6,9-11H2,1-4H3,(H,18,21)(H2,17,19,20). The second-order valence-electron chi connectivity index (χ2n) is 5.58. The highest BCUT2D eigenvalue weighted by atomic mass is 16.4. The first-order valence-corrected chi connectivity index (χ1v) is 7.97. The summed E-state index contributed by atoms with van der Waals surface area (Å²) in [5.74, 6) is 1.58. The summed E-state index contributed by atoms with van der Waals surface area (Å²) in [5, 5.41) is 19.3. The highest BCUT2D eigenvalue weighted by molar-refractivity contribution is 5.84. The van der Waals surface area contributed by atoms with Crippen molar-refractivity contribution in [3.63, 3.8) is 0 Å². The number of carbonyl (C=O) groups excluding carboxylic acids is 1. The first kappa shape index (κ1) is 19.0. The zero-order valence-electron chi connectivity index (χ0n) is 14.4. The Hall–Kier alpha value is -2.02. The van der Waals surface area contributed by atoms with Crippen LogP contribution in [0.5, 0.6) is 0 Å². The third-order valence-corrected chi connectivity index (χ3v) is 3.17. The van der Waals surface area contributed by atoms with Gasteiger partial charge in [-0.2, -0.15) is 0 Å². The second kappa shape index (κ2) is 9.19. The second-order valence-corrected chi connectivity index (χ2v) is 5.58. The van der Waals surface area contributed by atoms with Crippen molar-refractivity contribution in [1.82, 2.24) is 16.0 Å². The summed E-state index contributed by atoms with van der Waals surface area (Å²) < 4.78 is 5.47. The van der Waals surface area contributed by atoms with Gasteiger partial charge in [0.2, 0.25) is 5.91 Å². The predicted molar refractivity (Wildman–Crippen MR) is 90.3 cm³/mol. The van der Waals surface area contributed by atoms with Crippen LogP contribution in [0.1, 0.15) is 38.7 Å². The molecule has 0 aliphatic rings. The van der Waals surface area contributed by atoms with Crippen LogP contribution in [0.2, 0.25) is 0 Å². The number of carbonyl (C=O) groups is 1. The molecular weight excluding hydrogens is 296 g/mol. The molecular formula is C16H28N4O3. The minimum absolute atomic E-state index is 0.0390. The molecule has 0 radical (unpaired) electrons. The van der Waals surface area contributed by atoms with Gasteiger partial charge in [0.05, 0.1) is 6.54 Å². The van der Waals surface area contributed by atoms with Gasteiger partial charge in [0.15, 0.2) is 5.96 Å². The smallest absolute Gasteiger partial charge is 0.241 e. The summed E-state index contributed by atoms with van der Waals surface area (Å²) in [5.41, 5.74) is -1.17. The number of rotatable bonds is 8. The number of aliphatic hydroxyl groups is 1. The van der Waals surface area contributed by atoms with E-state index >= 15 is 0 Å². The van der Waals surface area contributed by atoms with Crippen molar-refractivity contribution < 1.29 is 14.3 Å². The Balaban J connectivity index is 2.59. The molecule has 0 fully saturated rings. The molecule has 1 amide bonds. The molecule has 0 saturated heterocycles. The molecule has 1 unspecified atom stereocenters. The Kier molecular flexibility index (Phi) is 7.61. The van der Waals surface area contributed by atoms with Crippen LogP contribution in [0.25, 0.3) is 0 Å². The molecule has 1 heterocycles. The fraction of sp³-hybridized carbons (Fsp3) is 0.625. The molecule has 1 aromatic rings. The molecule has 0 spiro atoms. The average Bonchev–Trinajstić information content (AvgIpc) is 2.95. The van der Waals surface area contributed by atoms with Crippen LogP contribution in [-0.4, -0.2) is 43.2 Å². The maximum absolute atomic E-state index is 11.6. The van der Waals surface area contributed by atoms with Crippen LogP contribution in [0, 0.1) is 6.92 Å². The zero-order chi connectivity index (χ0) is 17.3. The largest absolute Gasteiger partial charge is 0.463 e. The van der Waals surface area contributed by atoms with Crippen molar-refractivity contribution in [2.45, 2.75) is 39.7 Å². The lowest BCUT2D eigenvalue weighted by Gasteiger charge is -2.22. The van der Waals surface area contributed by atoms with E-state index in [1.165, 1.54) is 0 Å². The lowest BCUT2D eigenvalue weighted by atomic mass is 10.0. The van der Waals surface area contributed by atoms with Crippen LogP contribution in [0.3, 0.4) is 0 Å². The number of nitrogens with zero attached hydrogens (tertiary/aromatic N) is 1. The number of hydrogen-bond acceptors (Lipinski definition) is 4. The first-order valence-electron chi connectivity index (χ1n) is 7.97. The lowest BCUT2D eigenvalue weighted by Crippen LogP contribution is -2.45. The van der Waals surface area contributed by atoms with Gasteiger partial charge >= 0.3 is 0 Å². The number of hydrogen-bond donors (Lipinski definition) is 4. The number of aliphatic imine (C=N–C) groups is 1. The van der Waals surface area contributed by atoms with E-state index in [9.17, 15) is 9.90 Å². The molecule has 0 bridgehead atoms. The van der Waals surface area contributed by atoms with E-state index in [4.69, 9.17) is 4.42 Å². The normalized spacial score (nSPS) is 14.2. The summed E-state index contributed by atoms with van der Waals surface area (Å²) in [6.07, 6.45) is 0.888. The topological polar surface area (TPSA) is 98.9 Å². The van der Waals surface area contributed by atoms with E-state index in [-0.39, 0.29) is 19.0 Å². The molecule has 7 heteroatoms. The van der Waals surface area contributed by atoms with Crippen molar-refractivity contribution in [2.24, 2.45) is 4.99 Å². The quantitative estimate of drug-likeness (QED) is 0.420. The van der Waals surface area contributed by atoms with Gasteiger partial charge in [-0.15, -0.1) is 0 Å². The van der Waals surface area contributed by atoms with E-state index in [1.54, 1.807) is 19.1 Å². The fourth-order valence-electron chi connectivity index (χ4n) is 1.88. The van der Waals surface area contributed by atoms with E-state index in [0.29, 0.717) is 24.8 Å². The minimum atomic E-state index is -1.17. The number of furan rings is 1. The molecule has 4 N–H and O–H groups in total. The highest BCUT2D eigenvalue weighted by Gasteiger charge is 2.27. The molecule has 0 saturated carbocycles. The van der Waals surface area contributed by atoms with Gasteiger partial charge in [-0.05, 0) is 39.3 Å². The molecule has 7 nitrogen and oxygen atoms in total. The molecule has 0 aliphatic carbocycles. The maximum atomic E-state index is 11.6. The Labute approximate surface area is 137 Å². The number of nitrogens with one attached hydrogen (secondary N) is 3. The highest BCUT2D eigenvalue weighted by Crippen LogP contribution is 2.21. The molecule has 1 atom stereocenters. The zero-order valence-corrected chi connectivity index (χ0v) is 14.4. The first-order chi connectivity index (χ1) is 10.9. The van der Waals surface area contributed by atoms with E-state index in [0.717, 1.165) is 12.2 Å². The van der Waals surface area contributed by atoms with Gasteiger partial charge in [0.1, 0.15) is 23.7 Å². The van der Waals surface area contributed by atoms with Gasteiger partial charge in [0, 0.05) is 13.1 Å². The predicted octanol–water partition coefficient (Wildman–Crippen LogP) is 0.877. The minimum Gasteiger partial charge on any atom is -0.463 e.